The molecular weight excluding hydrogens is 232 g/mol. The third-order valence-corrected chi connectivity index (χ3v) is 3.20. The summed E-state index contributed by atoms with van der Waals surface area (Å²) >= 11 is 0. The number of pyridine rings is 1. The van der Waals surface area contributed by atoms with E-state index in [0.29, 0.717) is 0 Å². The molecule has 8 heteroatoms. The monoisotopic (exact) mass is 246 g/mol. The molecule has 1 aromatic rings. The Labute approximate surface area is 94.0 Å². The van der Waals surface area contributed by atoms with Crippen molar-refractivity contribution in [3.8, 4) is 0 Å². The smallest absolute Gasteiger partial charge is 0.260 e. The molecule has 1 aromatic heterocycles. The maximum absolute atomic E-state index is 11.8. The zero-order chi connectivity index (χ0) is 12.0. The Balaban J connectivity index is 2.89. The van der Waals surface area contributed by atoms with Crippen LogP contribution in [0.25, 0.3) is 0 Å². The maximum atomic E-state index is 11.8. The van der Waals surface area contributed by atoms with Gasteiger partial charge in [0.25, 0.3) is 10.0 Å². The van der Waals surface area contributed by atoms with Crippen molar-refractivity contribution in [3.63, 3.8) is 0 Å². The number of methoxy groups -OCH3 is 1. The molecule has 0 saturated carbocycles. The first-order valence-corrected chi connectivity index (χ1v) is 6.00. The molecule has 0 aliphatic heterocycles. The van der Waals surface area contributed by atoms with Crippen LogP contribution >= 0.6 is 0 Å². The van der Waals surface area contributed by atoms with Gasteiger partial charge in [-0.25, -0.2) is 18.1 Å². The number of hydrazine groups is 1. The number of hydrogen-bond donors (Lipinski definition) is 3. The van der Waals surface area contributed by atoms with E-state index in [1.54, 1.807) is 6.07 Å². The van der Waals surface area contributed by atoms with Gasteiger partial charge in [0.05, 0.1) is 12.3 Å². The van der Waals surface area contributed by atoms with Crippen molar-refractivity contribution < 1.29 is 13.2 Å². The Bertz CT molecular complexity index is 435. The molecule has 90 valence electrons. The summed E-state index contributed by atoms with van der Waals surface area (Å²) in [5, 5.41) is -0.131. The summed E-state index contributed by atoms with van der Waals surface area (Å²) in [5.41, 5.74) is 2.52. The minimum Gasteiger partial charge on any atom is -0.383 e. The first-order valence-electron chi connectivity index (χ1n) is 4.52. The predicted molar refractivity (Wildman–Crippen MR) is 59.1 cm³/mol. The van der Waals surface area contributed by atoms with Crippen molar-refractivity contribution >= 4 is 15.7 Å². The van der Waals surface area contributed by atoms with E-state index < -0.39 is 10.0 Å². The second kappa shape index (κ2) is 5.75. The summed E-state index contributed by atoms with van der Waals surface area (Å²) in [5.74, 6) is 5.20. The van der Waals surface area contributed by atoms with E-state index in [1.807, 2.05) is 0 Å². The third kappa shape index (κ3) is 3.14. The summed E-state index contributed by atoms with van der Waals surface area (Å²) in [7, 11) is -2.17. The Hall–Kier alpha value is -1.22. The van der Waals surface area contributed by atoms with E-state index in [1.165, 1.54) is 19.4 Å². The molecule has 16 heavy (non-hydrogen) atoms. The minimum atomic E-state index is -3.66. The molecule has 1 heterocycles. The van der Waals surface area contributed by atoms with Crippen LogP contribution in [0.15, 0.2) is 23.4 Å². The Morgan fingerprint density at radius 3 is 2.94 bits per heavy atom. The molecule has 0 aliphatic rings. The molecule has 0 aliphatic carbocycles. The lowest BCUT2D eigenvalue weighted by Gasteiger charge is -2.09. The second-order valence-corrected chi connectivity index (χ2v) is 4.57. The molecule has 0 atom stereocenters. The van der Waals surface area contributed by atoms with E-state index in [4.69, 9.17) is 10.6 Å². The molecule has 0 bridgehead atoms. The quantitative estimate of drug-likeness (QED) is 0.348. The van der Waals surface area contributed by atoms with Crippen molar-refractivity contribution in [1.29, 1.82) is 0 Å². The standard InChI is InChI=1S/C8H14N4O3S/c1-15-6-5-11-16(13,14)8-7(12-9)3-2-4-10-8/h2-4,11-12H,5-6,9H2,1H3. The summed E-state index contributed by atoms with van der Waals surface area (Å²) in [4.78, 5) is 3.77. The van der Waals surface area contributed by atoms with Gasteiger partial charge in [-0.1, -0.05) is 0 Å². The molecule has 0 fully saturated rings. The molecule has 0 unspecified atom stereocenters. The minimum absolute atomic E-state index is 0.131. The van der Waals surface area contributed by atoms with Crippen molar-refractivity contribution in [2.75, 3.05) is 25.7 Å². The number of nitrogens with zero attached hydrogens (tertiary/aromatic N) is 1. The SMILES string of the molecule is COCCNS(=O)(=O)c1ncccc1NN. The van der Waals surface area contributed by atoms with Gasteiger partial charge in [-0.05, 0) is 12.1 Å². The lowest BCUT2D eigenvalue weighted by molar-refractivity contribution is 0.204. The van der Waals surface area contributed by atoms with Gasteiger partial charge in [-0.3, -0.25) is 5.84 Å². The van der Waals surface area contributed by atoms with E-state index in [2.05, 4.69) is 15.1 Å². The summed E-state index contributed by atoms with van der Waals surface area (Å²) in [6, 6.07) is 3.11. The largest absolute Gasteiger partial charge is 0.383 e. The predicted octanol–water partition coefficient (Wildman–Crippen LogP) is -0.708. The van der Waals surface area contributed by atoms with Crippen molar-refractivity contribution in [2.24, 2.45) is 5.84 Å². The van der Waals surface area contributed by atoms with Crippen molar-refractivity contribution in [3.05, 3.63) is 18.3 Å². The fraction of sp³-hybridized carbons (Fsp3) is 0.375. The fourth-order valence-corrected chi connectivity index (χ4v) is 2.17. The van der Waals surface area contributed by atoms with Gasteiger partial charge in [0, 0.05) is 19.9 Å². The van der Waals surface area contributed by atoms with Crippen LogP contribution in [0.4, 0.5) is 5.69 Å². The zero-order valence-corrected chi connectivity index (χ0v) is 9.62. The summed E-state index contributed by atoms with van der Waals surface area (Å²) in [6.07, 6.45) is 1.38. The number of hydrogen-bond acceptors (Lipinski definition) is 6. The second-order valence-electron chi connectivity index (χ2n) is 2.89. The number of nitrogens with one attached hydrogen (secondary N) is 2. The number of sulfonamides is 1. The summed E-state index contributed by atoms with van der Waals surface area (Å²) in [6.45, 7) is 0.469. The highest BCUT2D eigenvalue weighted by Crippen LogP contribution is 2.15. The van der Waals surface area contributed by atoms with Gasteiger partial charge in [0.1, 0.15) is 0 Å². The van der Waals surface area contributed by atoms with Crippen LogP contribution in [0.1, 0.15) is 0 Å². The molecule has 0 radical (unpaired) electrons. The summed E-state index contributed by atoms with van der Waals surface area (Å²) < 4.78 is 30.6. The molecule has 7 nitrogen and oxygen atoms in total. The zero-order valence-electron chi connectivity index (χ0n) is 8.80. The first-order chi connectivity index (χ1) is 7.61. The van der Waals surface area contributed by atoms with Crippen LogP contribution < -0.4 is 16.0 Å². The highest BCUT2D eigenvalue weighted by molar-refractivity contribution is 7.89. The molecule has 4 N–H and O–H groups in total. The third-order valence-electron chi connectivity index (χ3n) is 1.78. The van der Waals surface area contributed by atoms with Crippen LogP contribution in [-0.2, 0) is 14.8 Å². The van der Waals surface area contributed by atoms with Crippen LogP contribution in [0.3, 0.4) is 0 Å². The van der Waals surface area contributed by atoms with Gasteiger partial charge in [-0.15, -0.1) is 0 Å². The Morgan fingerprint density at radius 1 is 1.56 bits per heavy atom. The van der Waals surface area contributed by atoms with Crippen LogP contribution in [0.5, 0.6) is 0 Å². The van der Waals surface area contributed by atoms with E-state index in [-0.39, 0.29) is 23.9 Å². The number of ether oxygens (including phenoxy) is 1. The number of nitrogens with two attached hydrogens (primary N) is 1. The van der Waals surface area contributed by atoms with E-state index in [0.717, 1.165) is 0 Å². The Morgan fingerprint density at radius 2 is 2.31 bits per heavy atom. The number of nitrogen functional groups attached to an aromatic ring is 1. The van der Waals surface area contributed by atoms with E-state index in [9.17, 15) is 8.42 Å². The van der Waals surface area contributed by atoms with Crippen molar-refractivity contribution in [2.45, 2.75) is 5.03 Å². The molecule has 0 saturated heterocycles. The fourth-order valence-electron chi connectivity index (χ4n) is 1.06. The number of rotatable bonds is 6. The lowest BCUT2D eigenvalue weighted by Crippen LogP contribution is -2.29. The van der Waals surface area contributed by atoms with Gasteiger partial charge >= 0.3 is 0 Å². The number of aromatic nitrogens is 1. The topological polar surface area (TPSA) is 106 Å². The molecule has 1 rings (SSSR count). The van der Waals surface area contributed by atoms with Crippen LogP contribution in [-0.4, -0.2) is 33.7 Å². The average Bonchev–Trinajstić information content (AvgIpc) is 2.29. The lowest BCUT2D eigenvalue weighted by atomic mass is 10.4. The molecular formula is C8H14N4O3S. The van der Waals surface area contributed by atoms with E-state index >= 15 is 0 Å². The van der Waals surface area contributed by atoms with Crippen molar-refractivity contribution in [1.82, 2.24) is 9.71 Å². The highest BCUT2D eigenvalue weighted by atomic mass is 32.2. The first kappa shape index (κ1) is 12.8. The van der Waals surface area contributed by atoms with Crippen LogP contribution in [0, 0.1) is 0 Å². The Kier molecular flexibility index (Phi) is 4.62. The average molecular weight is 246 g/mol. The van der Waals surface area contributed by atoms with Gasteiger partial charge in [0.2, 0.25) is 0 Å². The normalized spacial score (nSPS) is 11.4. The van der Waals surface area contributed by atoms with Gasteiger partial charge < -0.3 is 10.2 Å². The molecule has 0 spiro atoms. The van der Waals surface area contributed by atoms with Gasteiger partial charge in [0.15, 0.2) is 5.03 Å². The van der Waals surface area contributed by atoms with Crippen LogP contribution in [0.2, 0.25) is 0 Å². The van der Waals surface area contributed by atoms with Gasteiger partial charge in [-0.2, -0.15) is 0 Å². The highest BCUT2D eigenvalue weighted by Gasteiger charge is 2.18. The molecule has 0 amide bonds. The maximum Gasteiger partial charge on any atom is 0.260 e. The molecule has 0 aromatic carbocycles. The number of anilines is 1.